The van der Waals surface area contributed by atoms with E-state index < -0.39 is 21.7 Å². The van der Waals surface area contributed by atoms with Crippen LogP contribution >= 0.6 is 11.8 Å². The summed E-state index contributed by atoms with van der Waals surface area (Å²) in [6, 6.07) is 30.7. The molecule has 1 fully saturated rings. The van der Waals surface area contributed by atoms with Crippen LogP contribution in [0.4, 0.5) is 5.69 Å². The van der Waals surface area contributed by atoms with Gasteiger partial charge in [0.05, 0.1) is 25.2 Å². The maximum absolute atomic E-state index is 14.5. The zero-order chi connectivity index (χ0) is 34.1. The Morgan fingerprint density at radius 1 is 0.875 bits per heavy atom. The van der Waals surface area contributed by atoms with E-state index in [-0.39, 0.29) is 24.2 Å². The third kappa shape index (κ3) is 7.88. The second-order valence-corrected chi connectivity index (χ2v) is 12.9. The Hall–Kier alpha value is -5.09. The normalized spacial score (nSPS) is 17.3. The molecule has 2 unspecified atom stereocenters. The highest BCUT2D eigenvalue weighted by Crippen LogP contribution is 2.50. The van der Waals surface area contributed by atoms with Gasteiger partial charge in [0.1, 0.15) is 22.9 Å². The van der Waals surface area contributed by atoms with E-state index in [1.165, 1.54) is 30.0 Å². The molecular formula is C38H38N2O7S. The lowest BCUT2D eigenvalue weighted by molar-refractivity contribution is -0.384. The van der Waals surface area contributed by atoms with Crippen molar-refractivity contribution in [3.8, 4) is 11.5 Å². The number of hydrogen-bond acceptors (Lipinski definition) is 8. The van der Waals surface area contributed by atoms with Crippen molar-refractivity contribution in [1.29, 1.82) is 0 Å². The number of nitro groups is 1. The van der Waals surface area contributed by atoms with Crippen LogP contribution in [0.15, 0.2) is 120 Å². The third-order valence-corrected chi connectivity index (χ3v) is 10.1. The van der Waals surface area contributed by atoms with Gasteiger partial charge in [-0.25, -0.2) is 4.79 Å². The molecular weight excluding hydrogens is 628 g/mol. The maximum Gasteiger partial charge on any atom is 0.330 e. The van der Waals surface area contributed by atoms with Crippen molar-refractivity contribution in [2.75, 3.05) is 14.2 Å². The average Bonchev–Trinajstić information content (AvgIpc) is 3.12. The number of non-ortho nitro benzene ring substituents is 1. The van der Waals surface area contributed by atoms with Crippen molar-refractivity contribution in [3.63, 3.8) is 0 Å². The minimum absolute atomic E-state index is 0.0137. The van der Waals surface area contributed by atoms with Crippen molar-refractivity contribution >= 4 is 29.3 Å². The molecule has 1 aliphatic rings. The summed E-state index contributed by atoms with van der Waals surface area (Å²) in [5.74, 6) is 0.953. The second kappa shape index (κ2) is 15.7. The Kier molecular flexibility index (Phi) is 11.2. The number of carbonyl (C=O) groups excluding carboxylic acids is 2. The Labute approximate surface area is 284 Å². The molecule has 5 rings (SSSR count). The highest BCUT2D eigenvalue weighted by Gasteiger charge is 2.60. The number of nitrogens with zero attached hydrogens (tertiary/aromatic N) is 2. The van der Waals surface area contributed by atoms with Gasteiger partial charge in [-0.15, -0.1) is 11.8 Å². The monoisotopic (exact) mass is 666 g/mol. The molecule has 0 saturated carbocycles. The highest BCUT2D eigenvalue weighted by molar-refractivity contribution is 8.01. The number of ether oxygens (including phenoxy) is 3. The van der Waals surface area contributed by atoms with E-state index in [4.69, 9.17) is 14.2 Å². The first-order valence-corrected chi connectivity index (χ1v) is 16.5. The first kappa shape index (κ1) is 34.3. The summed E-state index contributed by atoms with van der Waals surface area (Å²) in [4.78, 5) is 40.8. The summed E-state index contributed by atoms with van der Waals surface area (Å²) >= 11 is 1.52. The van der Waals surface area contributed by atoms with Crippen LogP contribution in [-0.4, -0.2) is 52.8 Å². The molecule has 2 atom stereocenters. The smallest absolute Gasteiger partial charge is 0.330 e. The van der Waals surface area contributed by atoms with Crippen LogP contribution in [0, 0.1) is 10.1 Å². The molecule has 0 radical (unpaired) electrons. The number of benzene rings is 4. The minimum Gasteiger partial charge on any atom is -0.497 e. The summed E-state index contributed by atoms with van der Waals surface area (Å²) in [6.45, 7) is 1.96. The third-order valence-electron chi connectivity index (χ3n) is 8.54. The molecule has 1 saturated heterocycles. The van der Waals surface area contributed by atoms with Crippen LogP contribution in [0.25, 0.3) is 0 Å². The second-order valence-electron chi connectivity index (χ2n) is 11.5. The molecule has 4 aromatic carbocycles. The van der Waals surface area contributed by atoms with Crippen LogP contribution < -0.4 is 9.47 Å². The Balaban J connectivity index is 1.44. The van der Waals surface area contributed by atoms with Crippen molar-refractivity contribution in [2.45, 2.75) is 54.5 Å². The zero-order valence-electron chi connectivity index (χ0n) is 27.1. The molecule has 10 heteroatoms. The predicted octanol–water partition coefficient (Wildman–Crippen LogP) is 7.22. The molecule has 1 aliphatic heterocycles. The van der Waals surface area contributed by atoms with E-state index in [0.717, 1.165) is 27.5 Å². The number of amides is 1. The molecule has 0 N–H and O–H groups in total. The number of nitro benzene ring substituents is 1. The summed E-state index contributed by atoms with van der Waals surface area (Å²) < 4.78 is 15.4. The van der Waals surface area contributed by atoms with Crippen LogP contribution in [0.1, 0.15) is 30.0 Å². The van der Waals surface area contributed by atoms with Crippen molar-refractivity contribution in [3.05, 3.63) is 142 Å². The highest BCUT2D eigenvalue weighted by atomic mass is 32.2. The van der Waals surface area contributed by atoms with Gasteiger partial charge in [0.15, 0.2) is 0 Å². The van der Waals surface area contributed by atoms with Crippen molar-refractivity contribution in [1.82, 2.24) is 4.90 Å². The summed E-state index contributed by atoms with van der Waals surface area (Å²) in [7, 11) is 3.26. The van der Waals surface area contributed by atoms with E-state index in [1.54, 1.807) is 32.4 Å². The fourth-order valence-electron chi connectivity index (χ4n) is 5.93. The summed E-state index contributed by atoms with van der Waals surface area (Å²) in [5.41, 5.74) is 2.70. The van der Waals surface area contributed by atoms with Gasteiger partial charge < -0.3 is 19.1 Å². The van der Waals surface area contributed by atoms with E-state index in [2.05, 4.69) is 0 Å². The number of β-lactam (4-membered cyclic amide) rings is 1. The fourth-order valence-corrected chi connectivity index (χ4v) is 7.29. The topological polar surface area (TPSA) is 108 Å². The quantitative estimate of drug-likeness (QED) is 0.0431. The van der Waals surface area contributed by atoms with E-state index in [0.29, 0.717) is 24.8 Å². The predicted molar refractivity (Wildman–Crippen MR) is 185 cm³/mol. The van der Waals surface area contributed by atoms with Crippen molar-refractivity contribution < 1.29 is 28.7 Å². The lowest BCUT2D eigenvalue weighted by atomic mass is 9.80. The van der Waals surface area contributed by atoms with Crippen molar-refractivity contribution in [2.24, 2.45) is 0 Å². The number of methoxy groups -OCH3 is 2. The first-order valence-electron chi connectivity index (χ1n) is 15.7. The molecule has 48 heavy (non-hydrogen) atoms. The zero-order valence-corrected chi connectivity index (χ0v) is 27.9. The lowest BCUT2D eigenvalue weighted by Gasteiger charge is -2.57. The average molecular weight is 667 g/mol. The van der Waals surface area contributed by atoms with Gasteiger partial charge in [0, 0.05) is 29.1 Å². The van der Waals surface area contributed by atoms with Gasteiger partial charge >= 0.3 is 5.97 Å². The number of hydrogen-bond donors (Lipinski definition) is 0. The van der Waals surface area contributed by atoms with Crippen LogP contribution in [0.5, 0.6) is 11.5 Å². The number of carbonyl (C=O) groups is 2. The lowest BCUT2D eigenvalue weighted by Crippen LogP contribution is -2.74. The molecule has 1 amide bonds. The van der Waals surface area contributed by atoms with Crippen LogP contribution in [0.2, 0.25) is 0 Å². The molecule has 4 aromatic rings. The van der Waals surface area contributed by atoms with E-state index >= 15 is 0 Å². The van der Waals surface area contributed by atoms with E-state index in [1.807, 2.05) is 90.7 Å². The summed E-state index contributed by atoms with van der Waals surface area (Å²) in [6.07, 6.45) is 4.91. The van der Waals surface area contributed by atoms with Gasteiger partial charge in [0.25, 0.3) is 5.69 Å². The van der Waals surface area contributed by atoms with Gasteiger partial charge in [0.2, 0.25) is 5.91 Å². The molecule has 0 bridgehead atoms. The van der Waals surface area contributed by atoms with Gasteiger partial charge in [-0.2, -0.15) is 0 Å². The number of likely N-dealkylation sites (tertiary alicyclic amines) is 1. The molecule has 1 heterocycles. The Morgan fingerprint density at radius 3 is 1.92 bits per heavy atom. The SMILES string of the molecule is CCC1(Sc2ccccc2)C(=O)N(C(Cc2ccc(OC)cc2)Cc2ccc(OC)cc2)C1C=CC(=O)OCc1ccc([N+](=O)[O-])cc1. The number of esters is 1. The Morgan fingerprint density at radius 2 is 1.42 bits per heavy atom. The number of rotatable bonds is 15. The molecule has 248 valence electrons. The van der Waals surface area contributed by atoms with Gasteiger partial charge in [-0.05, 0) is 84.5 Å². The van der Waals surface area contributed by atoms with Gasteiger partial charge in [-0.1, -0.05) is 55.5 Å². The van der Waals surface area contributed by atoms with E-state index in [9.17, 15) is 19.7 Å². The maximum atomic E-state index is 14.5. The fraction of sp³-hybridized carbons (Fsp3) is 0.263. The summed E-state index contributed by atoms with van der Waals surface area (Å²) in [5, 5.41) is 11.0. The Bertz CT molecular complexity index is 1680. The van der Waals surface area contributed by atoms with Crippen LogP contribution in [0.3, 0.4) is 0 Å². The molecule has 0 spiro atoms. The minimum atomic E-state index is -0.825. The van der Waals surface area contributed by atoms with Crippen LogP contribution in [-0.2, 0) is 33.8 Å². The first-order chi connectivity index (χ1) is 23.3. The largest absolute Gasteiger partial charge is 0.497 e. The molecule has 0 aromatic heterocycles. The standard InChI is InChI=1S/C38H38N2O7S/c1-4-38(48-34-8-6-5-7-9-34)35(22-23-36(41)47-26-29-10-16-30(17-11-29)40(43)44)39(37(38)42)31(24-27-12-18-32(45-2)19-13-27)25-28-14-20-33(46-3)21-15-28/h5-23,31,35H,4,24-26H2,1-3H3. The number of thioether (sulfide) groups is 1. The van der Waals surface area contributed by atoms with Gasteiger partial charge in [-0.3, -0.25) is 14.9 Å². The molecule has 0 aliphatic carbocycles. The molecule has 9 nitrogen and oxygen atoms in total.